The minimum Gasteiger partial charge on any atom is -0.316 e. The van der Waals surface area contributed by atoms with Gasteiger partial charge in [-0.1, -0.05) is 6.07 Å². The van der Waals surface area contributed by atoms with E-state index in [9.17, 15) is 4.79 Å². The first kappa shape index (κ1) is 13.6. The van der Waals surface area contributed by atoms with Crippen molar-refractivity contribution in [2.75, 3.05) is 25.0 Å². The van der Waals surface area contributed by atoms with Crippen LogP contribution >= 0.6 is 0 Å². The smallest absolute Gasteiger partial charge is 0.233 e. The molecule has 100 valence electrons. The zero-order chi connectivity index (χ0) is 13.9. The third kappa shape index (κ3) is 2.77. The number of carbonyl (C=O) groups excluding carboxylic acids is 1. The average Bonchev–Trinajstić information content (AvgIpc) is 2.46. The van der Waals surface area contributed by atoms with Crippen LogP contribution in [0, 0.1) is 16.7 Å². The molecule has 1 aliphatic rings. The van der Waals surface area contributed by atoms with Crippen molar-refractivity contribution in [1.82, 2.24) is 5.32 Å². The first-order chi connectivity index (χ1) is 9.07. The zero-order valence-electron chi connectivity index (χ0n) is 11.4. The summed E-state index contributed by atoms with van der Waals surface area (Å²) >= 11 is 0. The highest BCUT2D eigenvalue weighted by Gasteiger charge is 2.37. The fourth-order valence-corrected chi connectivity index (χ4v) is 2.54. The van der Waals surface area contributed by atoms with E-state index in [0.717, 1.165) is 25.1 Å². The van der Waals surface area contributed by atoms with Crippen molar-refractivity contribution in [1.29, 1.82) is 5.26 Å². The number of nitriles is 1. The molecule has 0 aliphatic carbocycles. The van der Waals surface area contributed by atoms with E-state index in [2.05, 4.69) is 11.4 Å². The molecule has 1 aromatic carbocycles. The topological polar surface area (TPSA) is 56.1 Å². The number of amides is 1. The highest BCUT2D eigenvalue weighted by Crippen LogP contribution is 2.29. The Labute approximate surface area is 114 Å². The van der Waals surface area contributed by atoms with Gasteiger partial charge >= 0.3 is 0 Å². The maximum Gasteiger partial charge on any atom is 0.233 e. The minimum atomic E-state index is -0.352. The second kappa shape index (κ2) is 5.41. The summed E-state index contributed by atoms with van der Waals surface area (Å²) in [5.74, 6) is 0.106. The van der Waals surface area contributed by atoms with Gasteiger partial charge in [0.2, 0.25) is 5.91 Å². The molecule has 1 fully saturated rings. The molecule has 1 unspecified atom stereocenters. The van der Waals surface area contributed by atoms with E-state index in [1.165, 1.54) is 0 Å². The third-order valence-corrected chi connectivity index (χ3v) is 3.78. The number of hydrogen-bond donors (Lipinski definition) is 1. The highest BCUT2D eigenvalue weighted by atomic mass is 16.2. The van der Waals surface area contributed by atoms with Gasteiger partial charge in [0.1, 0.15) is 0 Å². The van der Waals surface area contributed by atoms with Gasteiger partial charge in [-0.15, -0.1) is 0 Å². The van der Waals surface area contributed by atoms with Crippen molar-refractivity contribution in [3.05, 3.63) is 29.8 Å². The summed E-state index contributed by atoms with van der Waals surface area (Å²) in [7, 11) is 1.78. The summed E-state index contributed by atoms with van der Waals surface area (Å²) in [6, 6.07) is 9.25. The summed E-state index contributed by atoms with van der Waals surface area (Å²) in [4.78, 5) is 14.3. The van der Waals surface area contributed by atoms with Gasteiger partial charge in [-0.2, -0.15) is 5.26 Å². The van der Waals surface area contributed by atoms with Gasteiger partial charge in [0.05, 0.1) is 17.0 Å². The number of rotatable bonds is 2. The molecule has 0 aromatic heterocycles. The first-order valence-corrected chi connectivity index (χ1v) is 6.56. The Bertz CT molecular complexity index is 512. The van der Waals surface area contributed by atoms with Crippen LogP contribution in [-0.2, 0) is 4.79 Å². The number of hydrogen-bond acceptors (Lipinski definition) is 3. The van der Waals surface area contributed by atoms with Crippen LogP contribution in [0.25, 0.3) is 0 Å². The zero-order valence-corrected chi connectivity index (χ0v) is 11.4. The lowest BCUT2D eigenvalue weighted by Crippen LogP contribution is -2.49. The molecule has 1 heterocycles. The second-order valence-corrected chi connectivity index (χ2v) is 5.37. The van der Waals surface area contributed by atoms with Gasteiger partial charge in [-0.05, 0) is 44.5 Å². The summed E-state index contributed by atoms with van der Waals surface area (Å²) in [5, 5.41) is 12.2. The number of piperidine rings is 1. The Kier molecular flexibility index (Phi) is 3.87. The Balaban J connectivity index is 2.20. The van der Waals surface area contributed by atoms with Crippen molar-refractivity contribution in [3.8, 4) is 6.07 Å². The van der Waals surface area contributed by atoms with E-state index in [4.69, 9.17) is 5.26 Å². The van der Waals surface area contributed by atoms with Gasteiger partial charge in [-0.25, -0.2) is 0 Å². The molecular weight excluding hydrogens is 238 g/mol. The van der Waals surface area contributed by atoms with Gasteiger partial charge in [0.25, 0.3) is 0 Å². The molecule has 1 amide bonds. The molecular formula is C15H19N3O. The van der Waals surface area contributed by atoms with Crippen LogP contribution in [0.15, 0.2) is 24.3 Å². The number of benzene rings is 1. The van der Waals surface area contributed by atoms with E-state index in [1.54, 1.807) is 30.1 Å². The lowest BCUT2D eigenvalue weighted by Gasteiger charge is -2.36. The Morgan fingerprint density at radius 1 is 1.53 bits per heavy atom. The molecule has 1 N–H and O–H groups in total. The maximum absolute atomic E-state index is 12.6. The Hall–Kier alpha value is -1.86. The van der Waals surface area contributed by atoms with Crippen LogP contribution in [0.2, 0.25) is 0 Å². The maximum atomic E-state index is 12.6. The Morgan fingerprint density at radius 3 is 2.95 bits per heavy atom. The molecule has 4 heteroatoms. The van der Waals surface area contributed by atoms with Gasteiger partial charge < -0.3 is 10.2 Å². The fraction of sp³-hybridized carbons (Fsp3) is 0.467. The third-order valence-electron chi connectivity index (χ3n) is 3.78. The van der Waals surface area contributed by atoms with Crippen LogP contribution in [0.5, 0.6) is 0 Å². The summed E-state index contributed by atoms with van der Waals surface area (Å²) in [5.41, 5.74) is 0.996. The second-order valence-electron chi connectivity index (χ2n) is 5.37. The summed E-state index contributed by atoms with van der Waals surface area (Å²) in [6.45, 7) is 3.71. The van der Waals surface area contributed by atoms with Crippen molar-refractivity contribution >= 4 is 11.6 Å². The first-order valence-electron chi connectivity index (χ1n) is 6.56. The van der Waals surface area contributed by atoms with Gasteiger partial charge in [-0.3, -0.25) is 4.79 Å². The van der Waals surface area contributed by atoms with Crippen LogP contribution < -0.4 is 10.2 Å². The molecule has 1 saturated heterocycles. The van der Waals surface area contributed by atoms with E-state index in [0.29, 0.717) is 12.1 Å². The predicted molar refractivity (Wildman–Crippen MR) is 74.8 cm³/mol. The summed E-state index contributed by atoms with van der Waals surface area (Å²) < 4.78 is 0. The Morgan fingerprint density at radius 2 is 2.32 bits per heavy atom. The molecule has 1 atom stereocenters. The largest absolute Gasteiger partial charge is 0.316 e. The molecule has 1 aromatic rings. The monoisotopic (exact) mass is 257 g/mol. The van der Waals surface area contributed by atoms with Crippen molar-refractivity contribution < 1.29 is 4.79 Å². The van der Waals surface area contributed by atoms with Gasteiger partial charge in [0, 0.05) is 19.3 Å². The molecule has 0 radical (unpaired) electrons. The summed E-state index contributed by atoms with van der Waals surface area (Å²) in [6.07, 6.45) is 1.93. The van der Waals surface area contributed by atoms with Crippen molar-refractivity contribution in [2.45, 2.75) is 19.8 Å². The van der Waals surface area contributed by atoms with Crippen LogP contribution in [0.1, 0.15) is 25.3 Å². The highest BCUT2D eigenvalue weighted by molar-refractivity contribution is 5.97. The van der Waals surface area contributed by atoms with Crippen LogP contribution in [-0.4, -0.2) is 26.0 Å². The van der Waals surface area contributed by atoms with Crippen LogP contribution in [0.4, 0.5) is 5.69 Å². The number of anilines is 1. The molecule has 0 saturated carbocycles. The number of nitrogens with zero attached hydrogens (tertiary/aromatic N) is 2. The average molecular weight is 257 g/mol. The fourth-order valence-electron chi connectivity index (χ4n) is 2.54. The van der Waals surface area contributed by atoms with Gasteiger partial charge in [0.15, 0.2) is 0 Å². The molecule has 1 aliphatic heterocycles. The molecule has 0 bridgehead atoms. The van der Waals surface area contributed by atoms with E-state index in [1.807, 2.05) is 13.0 Å². The molecule has 19 heavy (non-hydrogen) atoms. The number of nitrogens with one attached hydrogen (secondary N) is 1. The molecule has 0 spiro atoms. The predicted octanol–water partition coefficient (Wildman–Crippen LogP) is 1.91. The number of carbonyl (C=O) groups is 1. The SMILES string of the molecule is CN(C(=O)C1(C)CCCNC1)c1cccc(C#N)c1. The molecule has 4 nitrogen and oxygen atoms in total. The van der Waals surface area contributed by atoms with Crippen molar-refractivity contribution in [3.63, 3.8) is 0 Å². The van der Waals surface area contributed by atoms with Crippen molar-refractivity contribution in [2.24, 2.45) is 5.41 Å². The quantitative estimate of drug-likeness (QED) is 0.880. The lowest BCUT2D eigenvalue weighted by molar-refractivity contribution is -0.128. The van der Waals surface area contributed by atoms with E-state index < -0.39 is 0 Å². The molecule has 2 rings (SSSR count). The standard InChI is InChI=1S/C15H19N3O/c1-15(7-4-8-17-11-15)14(19)18(2)13-6-3-5-12(9-13)10-16/h3,5-6,9,17H,4,7-8,11H2,1-2H3. The van der Waals surface area contributed by atoms with Crippen LogP contribution in [0.3, 0.4) is 0 Å². The lowest BCUT2D eigenvalue weighted by atomic mass is 9.81. The minimum absolute atomic E-state index is 0.106. The van der Waals surface area contributed by atoms with E-state index in [-0.39, 0.29) is 11.3 Å². The van der Waals surface area contributed by atoms with E-state index >= 15 is 0 Å². The normalized spacial score (nSPS) is 22.6.